The van der Waals surface area contributed by atoms with Crippen molar-refractivity contribution in [1.82, 2.24) is 10.3 Å². The van der Waals surface area contributed by atoms with Gasteiger partial charge in [-0.15, -0.1) is 0 Å². The van der Waals surface area contributed by atoms with Crippen LogP contribution in [-0.2, 0) is 17.8 Å². The highest BCUT2D eigenvalue weighted by atomic mass is 16.5. The number of carbonyl (C=O) groups is 1. The van der Waals surface area contributed by atoms with Crippen molar-refractivity contribution < 1.29 is 13.9 Å². The standard InChI is InChI=1S/C14H16N2O3/c1-10-13(14(17)18-2)7-12(19-10)9-16-8-11-3-5-15-6-4-11/h3-7,16H,8-9H2,1-2H3. The van der Waals surface area contributed by atoms with Gasteiger partial charge in [0.15, 0.2) is 0 Å². The van der Waals surface area contributed by atoms with Gasteiger partial charge in [-0.25, -0.2) is 4.79 Å². The zero-order valence-electron chi connectivity index (χ0n) is 11.0. The van der Waals surface area contributed by atoms with Crippen molar-refractivity contribution in [3.8, 4) is 0 Å². The van der Waals surface area contributed by atoms with Gasteiger partial charge in [0.2, 0.25) is 0 Å². The van der Waals surface area contributed by atoms with E-state index in [1.54, 1.807) is 25.4 Å². The molecular formula is C14H16N2O3. The summed E-state index contributed by atoms with van der Waals surface area (Å²) >= 11 is 0. The summed E-state index contributed by atoms with van der Waals surface area (Å²) in [5.74, 6) is 0.918. The summed E-state index contributed by atoms with van der Waals surface area (Å²) in [5.41, 5.74) is 1.62. The fourth-order valence-electron chi connectivity index (χ4n) is 1.77. The number of ether oxygens (including phenoxy) is 1. The molecule has 5 nitrogen and oxygen atoms in total. The fourth-order valence-corrected chi connectivity index (χ4v) is 1.77. The zero-order valence-corrected chi connectivity index (χ0v) is 11.0. The minimum Gasteiger partial charge on any atom is -0.465 e. The highest BCUT2D eigenvalue weighted by Gasteiger charge is 2.14. The van der Waals surface area contributed by atoms with Gasteiger partial charge in [-0.1, -0.05) is 0 Å². The number of carbonyl (C=O) groups excluding carboxylic acids is 1. The fraction of sp³-hybridized carbons (Fsp3) is 0.286. The van der Waals surface area contributed by atoms with E-state index in [9.17, 15) is 4.79 Å². The van der Waals surface area contributed by atoms with Gasteiger partial charge in [0, 0.05) is 18.9 Å². The molecule has 0 aliphatic carbocycles. The second-order valence-electron chi connectivity index (χ2n) is 4.13. The van der Waals surface area contributed by atoms with Crippen molar-refractivity contribution in [3.63, 3.8) is 0 Å². The van der Waals surface area contributed by atoms with Crippen LogP contribution in [0.4, 0.5) is 0 Å². The van der Waals surface area contributed by atoms with Crippen molar-refractivity contribution >= 4 is 5.97 Å². The minimum absolute atomic E-state index is 0.373. The molecule has 0 aliphatic rings. The van der Waals surface area contributed by atoms with Crippen LogP contribution in [0.1, 0.15) is 27.4 Å². The summed E-state index contributed by atoms with van der Waals surface area (Å²) in [6.07, 6.45) is 3.51. The van der Waals surface area contributed by atoms with E-state index in [-0.39, 0.29) is 5.97 Å². The van der Waals surface area contributed by atoms with Gasteiger partial charge in [-0.3, -0.25) is 4.98 Å². The number of aryl methyl sites for hydroxylation is 1. The molecule has 0 saturated carbocycles. The molecule has 0 unspecified atom stereocenters. The number of rotatable bonds is 5. The molecule has 2 rings (SSSR count). The average molecular weight is 260 g/mol. The van der Waals surface area contributed by atoms with Crippen LogP contribution in [0.25, 0.3) is 0 Å². The Balaban J connectivity index is 1.92. The molecule has 5 heteroatoms. The molecule has 0 spiro atoms. The van der Waals surface area contributed by atoms with E-state index in [1.807, 2.05) is 12.1 Å². The van der Waals surface area contributed by atoms with Crippen LogP contribution >= 0.6 is 0 Å². The lowest BCUT2D eigenvalue weighted by molar-refractivity contribution is 0.0599. The molecule has 0 bridgehead atoms. The SMILES string of the molecule is COC(=O)c1cc(CNCc2ccncc2)oc1C. The van der Waals surface area contributed by atoms with E-state index in [0.717, 1.165) is 12.1 Å². The number of nitrogens with zero attached hydrogens (tertiary/aromatic N) is 1. The molecule has 1 N–H and O–H groups in total. The molecule has 0 saturated heterocycles. The van der Waals surface area contributed by atoms with Gasteiger partial charge in [0.05, 0.1) is 13.7 Å². The molecule has 0 aliphatic heterocycles. The van der Waals surface area contributed by atoms with Crippen molar-refractivity contribution in [2.24, 2.45) is 0 Å². The highest BCUT2D eigenvalue weighted by Crippen LogP contribution is 2.15. The van der Waals surface area contributed by atoms with Gasteiger partial charge in [0.1, 0.15) is 17.1 Å². The number of furan rings is 1. The van der Waals surface area contributed by atoms with Crippen molar-refractivity contribution in [3.05, 3.63) is 53.2 Å². The average Bonchev–Trinajstić information content (AvgIpc) is 2.80. The predicted molar refractivity (Wildman–Crippen MR) is 69.6 cm³/mol. The maximum Gasteiger partial charge on any atom is 0.341 e. The molecule has 2 aromatic heterocycles. The third kappa shape index (κ3) is 3.42. The number of esters is 1. The van der Waals surface area contributed by atoms with Gasteiger partial charge in [-0.05, 0) is 30.7 Å². The summed E-state index contributed by atoms with van der Waals surface area (Å²) in [6.45, 7) is 3.02. The number of aromatic nitrogens is 1. The lowest BCUT2D eigenvalue weighted by atomic mass is 10.2. The third-order valence-electron chi connectivity index (χ3n) is 2.75. The molecular weight excluding hydrogens is 244 g/mol. The van der Waals surface area contributed by atoms with E-state index in [4.69, 9.17) is 4.42 Å². The minimum atomic E-state index is -0.373. The molecule has 2 heterocycles. The summed E-state index contributed by atoms with van der Waals surface area (Å²) in [7, 11) is 1.36. The normalized spacial score (nSPS) is 10.4. The van der Waals surface area contributed by atoms with Gasteiger partial charge >= 0.3 is 5.97 Å². The smallest absolute Gasteiger partial charge is 0.341 e. The summed E-state index contributed by atoms with van der Waals surface area (Å²) in [6, 6.07) is 5.60. The Morgan fingerprint density at radius 1 is 1.37 bits per heavy atom. The lowest BCUT2D eigenvalue weighted by Gasteiger charge is -2.01. The lowest BCUT2D eigenvalue weighted by Crippen LogP contribution is -2.12. The van der Waals surface area contributed by atoms with E-state index >= 15 is 0 Å². The van der Waals surface area contributed by atoms with Crippen LogP contribution < -0.4 is 5.32 Å². The first kappa shape index (κ1) is 13.3. The highest BCUT2D eigenvalue weighted by molar-refractivity contribution is 5.90. The Kier molecular flexibility index (Phi) is 4.30. The maximum absolute atomic E-state index is 11.4. The van der Waals surface area contributed by atoms with E-state index in [0.29, 0.717) is 23.6 Å². The van der Waals surface area contributed by atoms with Crippen LogP contribution in [0, 0.1) is 6.92 Å². The van der Waals surface area contributed by atoms with Crippen LogP contribution in [0.5, 0.6) is 0 Å². The quantitative estimate of drug-likeness (QED) is 0.834. The van der Waals surface area contributed by atoms with Crippen LogP contribution in [0.2, 0.25) is 0 Å². The second kappa shape index (κ2) is 6.15. The van der Waals surface area contributed by atoms with E-state index in [2.05, 4.69) is 15.0 Å². The molecule has 0 radical (unpaired) electrons. The topological polar surface area (TPSA) is 64.4 Å². The number of nitrogens with one attached hydrogen (secondary N) is 1. The van der Waals surface area contributed by atoms with Gasteiger partial charge < -0.3 is 14.5 Å². The van der Waals surface area contributed by atoms with E-state index < -0.39 is 0 Å². The molecule has 100 valence electrons. The summed E-state index contributed by atoms with van der Waals surface area (Å²) in [4.78, 5) is 15.4. The Hall–Kier alpha value is -2.14. The largest absolute Gasteiger partial charge is 0.465 e. The van der Waals surface area contributed by atoms with Crippen LogP contribution in [0.15, 0.2) is 35.0 Å². The molecule has 2 aromatic rings. The Morgan fingerprint density at radius 2 is 2.11 bits per heavy atom. The number of pyridine rings is 1. The third-order valence-corrected chi connectivity index (χ3v) is 2.75. The van der Waals surface area contributed by atoms with E-state index in [1.165, 1.54) is 7.11 Å². The summed E-state index contributed by atoms with van der Waals surface area (Å²) in [5, 5.41) is 3.24. The first-order valence-corrected chi connectivity index (χ1v) is 5.98. The summed E-state index contributed by atoms with van der Waals surface area (Å²) < 4.78 is 10.2. The molecule has 0 aromatic carbocycles. The van der Waals surface area contributed by atoms with Gasteiger partial charge in [0.25, 0.3) is 0 Å². The van der Waals surface area contributed by atoms with Crippen LogP contribution in [-0.4, -0.2) is 18.1 Å². The monoisotopic (exact) mass is 260 g/mol. The Bertz CT molecular complexity index is 549. The number of hydrogen-bond donors (Lipinski definition) is 1. The van der Waals surface area contributed by atoms with Gasteiger partial charge in [-0.2, -0.15) is 0 Å². The van der Waals surface area contributed by atoms with Crippen molar-refractivity contribution in [2.45, 2.75) is 20.0 Å². The predicted octanol–water partition coefficient (Wildman–Crippen LogP) is 2.06. The number of hydrogen-bond acceptors (Lipinski definition) is 5. The molecule has 0 atom stereocenters. The molecule has 0 fully saturated rings. The first-order chi connectivity index (χ1) is 9.20. The Labute approximate surface area is 111 Å². The second-order valence-corrected chi connectivity index (χ2v) is 4.13. The first-order valence-electron chi connectivity index (χ1n) is 5.98. The number of methoxy groups -OCH3 is 1. The van der Waals surface area contributed by atoms with Crippen LogP contribution in [0.3, 0.4) is 0 Å². The Morgan fingerprint density at radius 3 is 2.79 bits per heavy atom. The van der Waals surface area contributed by atoms with Crippen molar-refractivity contribution in [1.29, 1.82) is 0 Å². The maximum atomic E-state index is 11.4. The molecule has 0 amide bonds. The zero-order chi connectivity index (χ0) is 13.7. The van der Waals surface area contributed by atoms with Crippen molar-refractivity contribution in [2.75, 3.05) is 7.11 Å². The molecule has 19 heavy (non-hydrogen) atoms.